The molecule has 3 rings (SSSR count). The van der Waals surface area contributed by atoms with Crippen LogP contribution in [0.4, 0.5) is 5.69 Å². The van der Waals surface area contributed by atoms with Crippen molar-refractivity contribution in [2.75, 3.05) is 25.5 Å². The second-order valence-corrected chi connectivity index (χ2v) is 7.10. The molecule has 1 aromatic heterocycles. The highest BCUT2D eigenvalue weighted by Gasteiger charge is 2.09. The summed E-state index contributed by atoms with van der Waals surface area (Å²) in [6.45, 7) is 5.33. The zero-order valence-electron chi connectivity index (χ0n) is 17.8. The van der Waals surface area contributed by atoms with Crippen molar-refractivity contribution in [3.8, 4) is 17.2 Å². The molecule has 0 atom stereocenters. The number of nitrogens with zero attached hydrogens (tertiary/aromatic N) is 1. The number of pyridine rings is 1. The molecule has 0 aliphatic rings. The van der Waals surface area contributed by atoms with Crippen LogP contribution in [0, 0.1) is 0 Å². The third-order valence-electron chi connectivity index (χ3n) is 4.61. The molecule has 0 fully saturated rings. The van der Waals surface area contributed by atoms with Crippen LogP contribution in [0.1, 0.15) is 32.4 Å². The van der Waals surface area contributed by atoms with Crippen molar-refractivity contribution in [1.29, 1.82) is 0 Å². The average Bonchev–Trinajstić information content (AvgIpc) is 2.75. The van der Waals surface area contributed by atoms with E-state index in [2.05, 4.69) is 24.5 Å². The highest BCUT2D eigenvalue weighted by Crippen LogP contribution is 2.31. The van der Waals surface area contributed by atoms with Gasteiger partial charge in [-0.05, 0) is 61.9 Å². The maximum absolute atomic E-state index is 11.9. The lowest BCUT2D eigenvalue weighted by atomic mass is 10.1. The number of aromatic nitrogens is 1. The Bertz CT molecular complexity index is 987. The van der Waals surface area contributed by atoms with Crippen LogP contribution in [-0.4, -0.2) is 31.1 Å². The predicted molar refractivity (Wildman–Crippen MR) is 121 cm³/mol. The van der Waals surface area contributed by atoms with Crippen molar-refractivity contribution in [3.05, 3.63) is 54.2 Å². The lowest BCUT2D eigenvalue weighted by Crippen LogP contribution is -2.28. The first kappa shape index (κ1) is 21.6. The number of hydrogen-bond donors (Lipinski definition) is 2. The number of aryl methyl sites for hydroxylation is 1. The van der Waals surface area contributed by atoms with Crippen molar-refractivity contribution >= 4 is 22.5 Å². The minimum Gasteiger partial charge on any atom is -0.496 e. The first-order valence-electron chi connectivity index (χ1n) is 10.4. The zero-order chi connectivity index (χ0) is 21.3. The van der Waals surface area contributed by atoms with Crippen LogP contribution >= 0.6 is 0 Å². The molecular formula is C24H29N3O3. The van der Waals surface area contributed by atoms with Gasteiger partial charge in [-0.15, -0.1) is 0 Å². The first-order valence-corrected chi connectivity index (χ1v) is 10.4. The fourth-order valence-corrected chi connectivity index (χ4v) is 3.17. The van der Waals surface area contributed by atoms with E-state index >= 15 is 0 Å². The van der Waals surface area contributed by atoms with E-state index in [1.54, 1.807) is 7.11 Å². The van der Waals surface area contributed by atoms with Gasteiger partial charge >= 0.3 is 0 Å². The lowest BCUT2D eigenvalue weighted by Gasteiger charge is -2.11. The first-order chi connectivity index (χ1) is 14.6. The molecule has 3 aromatic rings. The molecule has 0 spiro atoms. The van der Waals surface area contributed by atoms with Crippen molar-refractivity contribution in [1.82, 2.24) is 10.3 Å². The Morgan fingerprint density at radius 1 is 1.00 bits per heavy atom. The van der Waals surface area contributed by atoms with E-state index in [1.165, 1.54) is 0 Å². The standard InChI is InChI=1S/C24H29N3O3/c1-4-6-18-14-23(29-3)21-15-20(11-12-22(21)26-18)30-19-9-7-17(8-10-19)27-24(28)16-25-13-5-2/h7-12,14-15,25H,4-6,13,16H2,1-3H3,(H,27,28). The molecule has 0 aliphatic heterocycles. The summed E-state index contributed by atoms with van der Waals surface area (Å²) in [5.74, 6) is 2.12. The monoisotopic (exact) mass is 407 g/mol. The van der Waals surface area contributed by atoms with Gasteiger partial charge in [0.1, 0.15) is 17.2 Å². The zero-order valence-corrected chi connectivity index (χ0v) is 17.8. The molecule has 6 heteroatoms. The number of rotatable bonds is 10. The molecule has 0 unspecified atom stereocenters. The highest BCUT2D eigenvalue weighted by atomic mass is 16.5. The second-order valence-electron chi connectivity index (χ2n) is 7.10. The van der Waals surface area contributed by atoms with Crippen LogP contribution in [0.3, 0.4) is 0 Å². The molecule has 0 bridgehead atoms. The smallest absolute Gasteiger partial charge is 0.238 e. The Balaban J connectivity index is 1.70. The van der Waals surface area contributed by atoms with Crippen LogP contribution in [0.5, 0.6) is 17.2 Å². The lowest BCUT2D eigenvalue weighted by molar-refractivity contribution is -0.115. The highest BCUT2D eigenvalue weighted by molar-refractivity contribution is 5.92. The number of amides is 1. The summed E-state index contributed by atoms with van der Waals surface area (Å²) < 4.78 is 11.6. The van der Waals surface area contributed by atoms with Crippen LogP contribution in [-0.2, 0) is 11.2 Å². The Morgan fingerprint density at radius 2 is 1.77 bits per heavy atom. The molecule has 158 valence electrons. The number of carbonyl (C=O) groups is 1. The molecule has 0 aliphatic carbocycles. The predicted octanol–water partition coefficient (Wildman–Crippen LogP) is 4.93. The number of nitrogens with one attached hydrogen (secondary N) is 2. The molecule has 30 heavy (non-hydrogen) atoms. The van der Waals surface area contributed by atoms with Gasteiger partial charge in [-0.2, -0.15) is 0 Å². The SMILES string of the molecule is CCCNCC(=O)Nc1ccc(Oc2ccc3nc(CCC)cc(OC)c3c2)cc1. The number of methoxy groups -OCH3 is 1. The van der Waals surface area contributed by atoms with Crippen LogP contribution in [0.2, 0.25) is 0 Å². The Hall–Kier alpha value is -3.12. The van der Waals surface area contributed by atoms with Gasteiger partial charge in [-0.3, -0.25) is 9.78 Å². The van der Waals surface area contributed by atoms with E-state index in [9.17, 15) is 4.79 Å². The van der Waals surface area contributed by atoms with Gasteiger partial charge in [0.05, 0.1) is 19.2 Å². The van der Waals surface area contributed by atoms with Crippen LogP contribution < -0.4 is 20.1 Å². The maximum atomic E-state index is 11.9. The molecule has 2 aromatic carbocycles. The fraction of sp³-hybridized carbons (Fsp3) is 0.333. The van der Waals surface area contributed by atoms with Gasteiger partial charge in [0.2, 0.25) is 5.91 Å². The number of benzene rings is 2. The molecule has 2 N–H and O–H groups in total. The van der Waals surface area contributed by atoms with E-state index in [4.69, 9.17) is 14.5 Å². The number of fused-ring (bicyclic) bond motifs is 1. The summed E-state index contributed by atoms with van der Waals surface area (Å²) in [6, 6.07) is 15.1. The number of anilines is 1. The largest absolute Gasteiger partial charge is 0.496 e. The third kappa shape index (κ3) is 5.70. The topological polar surface area (TPSA) is 72.5 Å². The summed E-state index contributed by atoms with van der Waals surface area (Å²) >= 11 is 0. The molecule has 1 amide bonds. The van der Waals surface area contributed by atoms with Gasteiger partial charge in [-0.25, -0.2) is 0 Å². The number of ether oxygens (including phenoxy) is 2. The fourth-order valence-electron chi connectivity index (χ4n) is 3.17. The number of carbonyl (C=O) groups excluding carboxylic acids is 1. The summed E-state index contributed by atoms with van der Waals surface area (Å²) in [5, 5.41) is 6.86. The summed E-state index contributed by atoms with van der Waals surface area (Å²) in [6.07, 6.45) is 2.95. The Morgan fingerprint density at radius 3 is 2.47 bits per heavy atom. The second kappa shape index (κ2) is 10.6. The Kier molecular flexibility index (Phi) is 7.63. The van der Waals surface area contributed by atoms with Gasteiger partial charge in [0, 0.05) is 22.8 Å². The van der Waals surface area contributed by atoms with Crippen LogP contribution in [0.25, 0.3) is 10.9 Å². The van der Waals surface area contributed by atoms with Gasteiger partial charge in [0.25, 0.3) is 0 Å². The summed E-state index contributed by atoms with van der Waals surface area (Å²) in [7, 11) is 1.67. The third-order valence-corrected chi connectivity index (χ3v) is 4.61. The maximum Gasteiger partial charge on any atom is 0.238 e. The van der Waals surface area contributed by atoms with Crippen molar-refractivity contribution in [2.24, 2.45) is 0 Å². The van der Waals surface area contributed by atoms with Crippen molar-refractivity contribution in [3.63, 3.8) is 0 Å². The number of hydrogen-bond acceptors (Lipinski definition) is 5. The minimum atomic E-state index is -0.0614. The van der Waals surface area contributed by atoms with E-state index in [0.717, 1.165) is 53.8 Å². The molecule has 0 saturated carbocycles. The molecule has 1 heterocycles. The van der Waals surface area contributed by atoms with E-state index in [1.807, 2.05) is 48.5 Å². The van der Waals surface area contributed by atoms with Crippen LogP contribution in [0.15, 0.2) is 48.5 Å². The van der Waals surface area contributed by atoms with Gasteiger partial charge in [-0.1, -0.05) is 20.3 Å². The molecule has 0 saturated heterocycles. The normalized spacial score (nSPS) is 10.8. The molecular weight excluding hydrogens is 378 g/mol. The minimum absolute atomic E-state index is 0.0614. The van der Waals surface area contributed by atoms with Crippen molar-refractivity contribution in [2.45, 2.75) is 33.1 Å². The molecule has 0 radical (unpaired) electrons. The van der Waals surface area contributed by atoms with E-state index < -0.39 is 0 Å². The van der Waals surface area contributed by atoms with E-state index in [0.29, 0.717) is 18.0 Å². The Labute approximate surface area is 177 Å². The summed E-state index contributed by atoms with van der Waals surface area (Å²) in [5.41, 5.74) is 2.65. The van der Waals surface area contributed by atoms with E-state index in [-0.39, 0.29) is 5.91 Å². The average molecular weight is 408 g/mol. The van der Waals surface area contributed by atoms with Gasteiger partial charge in [0.15, 0.2) is 0 Å². The van der Waals surface area contributed by atoms with Crippen molar-refractivity contribution < 1.29 is 14.3 Å². The quantitative estimate of drug-likeness (QED) is 0.467. The molecule has 6 nitrogen and oxygen atoms in total. The summed E-state index contributed by atoms with van der Waals surface area (Å²) in [4.78, 5) is 16.6. The van der Waals surface area contributed by atoms with Gasteiger partial charge < -0.3 is 20.1 Å².